The number of amides is 1. The Labute approximate surface area is 106 Å². The maximum absolute atomic E-state index is 10.9. The number of aliphatic carboxylic acids is 1. The van der Waals surface area contributed by atoms with Crippen molar-refractivity contribution >= 4 is 11.9 Å². The summed E-state index contributed by atoms with van der Waals surface area (Å²) in [6, 6.07) is -0.932. The van der Waals surface area contributed by atoms with Crippen LogP contribution in [0.4, 0.5) is 0 Å². The highest BCUT2D eigenvalue weighted by Crippen LogP contribution is 2.21. The molecule has 18 heavy (non-hydrogen) atoms. The molecule has 3 N–H and O–H groups in total. The summed E-state index contributed by atoms with van der Waals surface area (Å²) in [5, 5.41) is 14.3. The minimum atomic E-state index is -1.06. The van der Waals surface area contributed by atoms with E-state index in [4.69, 9.17) is 14.6 Å². The molecule has 1 rings (SSSR count). The summed E-state index contributed by atoms with van der Waals surface area (Å²) in [5.74, 6) is -1.43. The quantitative estimate of drug-likeness (QED) is 0.541. The van der Waals surface area contributed by atoms with Gasteiger partial charge in [-0.15, -0.1) is 0 Å². The molecule has 0 aliphatic carbocycles. The summed E-state index contributed by atoms with van der Waals surface area (Å²) in [5.41, 5.74) is -0.390. The Morgan fingerprint density at radius 2 is 2.28 bits per heavy atom. The first-order chi connectivity index (χ1) is 8.49. The van der Waals surface area contributed by atoms with Gasteiger partial charge in [0.15, 0.2) is 0 Å². The third-order valence-corrected chi connectivity index (χ3v) is 2.97. The van der Waals surface area contributed by atoms with Crippen LogP contribution in [0.15, 0.2) is 0 Å². The van der Waals surface area contributed by atoms with Crippen molar-refractivity contribution in [3.8, 4) is 0 Å². The summed E-state index contributed by atoms with van der Waals surface area (Å²) in [4.78, 5) is 21.8. The molecule has 0 spiro atoms. The number of nitrogens with one attached hydrogen (secondary N) is 2. The van der Waals surface area contributed by atoms with Gasteiger partial charge in [0.1, 0.15) is 11.6 Å². The Bertz CT molecular complexity index is 302. The first-order valence-electron chi connectivity index (χ1n) is 5.82. The van der Waals surface area contributed by atoms with E-state index in [0.29, 0.717) is 19.8 Å². The lowest BCUT2D eigenvalue weighted by molar-refractivity contribution is -0.141. The second-order valence-corrected chi connectivity index (χ2v) is 4.41. The van der Waals surface area contributed by atoms with Gasteiger partial charge >= 0.3 is 5.97 Å². The van der Waals surface area contributed by atoms with Crippen LogP contribution < -0.4 is 10.6 Å². The zero-order valence-electron chi connectivity index (χ0n) is 10.7. The van der Waals surface area contributed by atoms with Crippen molar-refractivity contribution in [2.75, 3.05) is 33.4 Å². The fourth-order valence-electron chi connectivity index (χ4n) is 1.85. The van der Waals surface area contributed by atoms with E-state index < -0.39 is 12.0 Å². The predicted octanol–water partition coefficient (Wildman–Crippen LogP) is -1.03. The van der Waals surface area contributed by atoms with E-state index in [2.05, 4.69) is 10.6 Å². The van der Waals surface area contributed by atoms with Crippen molar-refractivity contribution in [2.45, 2.75) is 25.0 Å². The Morgan fingerprint density at radius 1 is 1.56 bits per heavy atom. The van der Waals surface area contributed by atoms with Crippen LogP contribution in [0.1, 0.15) is 13.3 Å². The minimum absolute atomic E-state index is 0.153. The number of ether oxygens (including phenoxy) is 2. The highest BCUT2D eigenvalue weighted by Gasteiger charge is 2.34. The van der Waals surface area contributed by atoms with Gasteiger partial charge in [-0.25, -0.2) is 4.79 Å². The van der Waals surface area contributed by atoms with Gasteiger partial charge in [0.2, 0.25) is 5.91 Å². The number of carboxylic acid groups (broad SMARTS) is 1. The molecule has 1 heterocycles. The largest absolute Gasteiger partial charge is 0.480 e. The third kappa shape index (κ3) is 4.25. The van der Waals surface area contributed by atoms with Crippen LogP contribution in [0.5, 0.6) is 0 Å². The molecule has 1 aliphatic heterocycles. The van der Waals surface area contributed by atoms with Gasteiger partial charge in [0, 0.05) is 40.2 Å². The molecule has 1 saturated heterocycles. The number of methoxy groups -OCH3 is 1. The standard InChI is InChI=1S/C11H20N2O5/c1-8(14)13-9(10(15)16)5-12-6-11(17-2)3-4-18-7-11/h9,12H,3-7H2,1-2H3,(H,13,14)(H,15,16). The predicted molar refractivity (Wildman–Crippen MR) is 63.3 cm³/mol. The van der Waals surface area contributed by atoms with Crippen molar-refractivity contribution in [1.82, 2.24) is 10.6 Å². The molecule has 2 unspecified atom stereocenters. The number of hydrogen-bond donors (Lipinski definition) is 3. The molecule has 2 atom stereocenters. The van der Waals surface area contributed by atoms with Gasteiger partial charge in [-0.1, -0.05) is 0 Å². The molecular formula is C11H20N2O5. The van der Waals surface area contributed by atoms with Gasteiger partial charge in [-0.3, -0.25) is 4.79 Å². The smallest absolute Gasteiger partial charge is 0.327 e. The Hall–Kier alpha value is -1.18. The highest BCUT2D eigenvalue weighted by atomic mass is 16.5. The first-order valence-corrected chi connectivity index (χ1v) is 5.82. The van der Waals surface area contributed by atoms with Crippen molar-refractivity contribution in [3.05, 3.63) is 0 Å². The maximum Gasteiger partial charge on any atom is 0.327 e. The van der Waals surface area contributed by atoms with Crippen molar-refractivity contribution in [2.24, 2.45) is 0 Å². The molecule has 1 fully saturated rings. The summed E-state index contributed by atoms with van der Waals surface area (Å²) in [6.45, 7) is 3.07. The van der Waals surface area contributed by atoms with Crippen LogP contribution in [0.3, 0.4) is 0 Å². The number of hydrogen-bond acceptors (Lipinski definition) is 5. The zero-order valence-corrected chi connectivity index (χ0v) is 10.7. The molecule has 104 valence electrons. The zero-order chi connectivity index (χ0) is 13.6. The Kier molecular flexibility index (Phi) is 5.52. The molecule has 0 aromatic rings. The fourth-order valence-corrected chi connectivity index (χ4v) is 1.85. The van der Waals surface area contributed by atoms with Gasteiger partial charge < -0.3 is 25.2 Å². The number of rotatable bonds is 7. The fraction of sp³-hybridized carbons (Fsp3) is 0.818. The molecule has 7 heteroatoms. The molecule has 0 saturated carbocycles. The number of carboxylic acids is 1. The van der Waals surface area contributed by atoms with E-state index in [1.807, 2.05) is 0 Å². The van der Waals surface area contributed by atoms with E-state index in [0.717, 1.165) is 6.42 Å². The molecular weight excluding hydrogens is 240 g/mol. The minimum Gasteiger partial charge on any atom is -0.480 e. The molecule has 0 radical (unpaired) electrons. The van der Waals surface area contributed by atoms with Crippen LogP contribution >= 0.6 is 0 Å². The highest BCUT2D eigenvalue weighted by molar-refractivity contribution is 5.82. The van der Waals surface area contributed by atoms with E-state index in [1.54, 1.807) is 7.11 Å². The summed E-state index contributed by atoms with van der Waals surface area (Å²) >= 11 is 0. The topological polar surface area (TPSA) is 96.9 Å². The second-order valence-electron chi connectivity index (χ2n) is 4.41. The molecule has 1 aliphatic rings. The summed E-state index contributed by atoms with van der Waals surface area (Å²) in [6.07, 6.45) is 0.772. The summed E-state index contributed by atoms with van der Waals surface area (Å²) in [7, 11) is 1.61. The lowest BCUT2D eigenvalue weighted by Gasteiger charge is -2.26. The van der Waals surface area contributed by atoms with Crippen molar-refractivity contribution in [1.29, 1.82) is 0 Å². The van der Waals surface area contributed by atoms with E-state index in [1.165, 1.54) is 6.92 Å². The first kappa shape index (κ1) is 14.9. The summed E-state index contributed by atoms with van der Waals surface area (Å²) < 4.78 is 10.7. The van der Waals surface area contributed by atoms with Crippen LogP contribution in [0.2, 0.25) is 0 Å². The molecule has 1 amide bonds. The Balaban J connectivity index is 2.38. The van der Waals surface area contributed by atoms with E-state index in [9.17, 15) is 9.59 Å². The SMILES string of the molecule is COC1(CNCC(NC(C)=O)C(=O)O)CCOC1. The van der Waals surface area contributed by atoms with Gasteiger partial charge in [0.05, 0.1) is 6.61 Å². The number of carbonyl (C=O) groups is 2. The Morgan fingerprint density at radius 3 is 2.72 bits per heavy atom. The lowest BCUT2D eigenvalue weighted by atomic mass is 10.0. The van der Waals surface area contributed by atoms with Gasteiger partial charge in [0.25, 0.3) is 0 Å². The molecule has 0 aromatic carbocycles. The molecule has 7 nitrogen and oxygen atoms in total. The normalized spacial score (nSPS) is 24.8. The second kappa shape index (κ2) is 6.67. The average Bonchev–Trinajstić information content (AvgIpc) is 2.76. The van der Waals surface area contributed by atoms with Gasteiger partial charge in [-0.05, 0) is 0 Å². The maximum atomic E-state index is 10.9. The lowest BCUT2D eigenvalue weighted by Crippen LogP contribution is -2.50. The molecule has 0 aromatic heterocycles. The third-order valence-electron chi connectivity index (χ3n) is 2.97. The molecule has 0 bridgehead atoms. The van der Waals surface area contributed by atoms with E-state index >= 15 is 0 Å². The monoisotopic (exact) mass is 260 g/mol. The van der Waals surface area contributed by atoms with Crippen LogP contribution in [-0.4, -0.2) is 62.0 Å². The van der Waals surface area contributed by atoms with Crippen molar-refractivity contribution < 1.29 is 24.2 Å². The van der Waals surface area contributed by atoms with E-state index in [-0.39, 0.29) is 18.1 Å². The van der Waals surface area contributed by atoms with Crippen LogP contribution in [0, 0.1) is 0 Å². The van der Waals surface area contributed by atoms with Crippen molar-refractivity contribution in [3.63, 3.8) is 0 Å². The van der Waals surface area contributed by atoms with Gasteiger partial charge in [-0.2, -0.15) is 0 Å². The van der Waals surface area contributed by atoms with Crippen LogP contribution in [-0.2, 0) is 19.1 Å². The number of carbonyl (C=O) groups excluding carboxylic acids is 1. The average molecular weight is 260 g/mol. The van der Waals surface area contributed by atoms with Crippen LogP contribution in [0.25, 0.3) is 0 Å².